The van der Waals surface area contributed by atoms with E-state index in [4.69, 9.17) is 43.1 Å². The highest BCUT2D eigenvalue weighted by atomic mass is 35.5. The summed E-state index contributed by atoms with van der Waals surface area (Å²) >= 11 is 12.2. The predicted octanol–water partition coefficient (Wildman–Crippen LogP) is 5.63. The third kappa shape index (κ3) is 6.75. The molecule has 0 atom stereocenters. The Kier molecular flexibility index (Phi) is 8.42. The van der Waals surface area contributed by atoms with Crippen molar-refractivity contribution in [2.24, 2.45) is 0 Å². The number of nitrogens with two attached hydrogens (primary N) is 1. The number of aromatic amines is 1. The molecule has 4 aromatic rings. The molecular weight excluding hydrogens is 546 g/mol. The van der Waals surface area contributed by atoms with Crippen molar-refractivity contribution < 1.29 is 23.4 Å². The van der Waals surface area contributed by atoms with Crippen molar-refractivity contribution >= 4 is 45.7 Å². The van der Waals surface area contributed by atoms with Gasteiger partial charge in [-0.25, -0.2) is 4.39 Å². The summed E-state index contributed by atoms with van der Waals surface area (Å²) in [7, 11) is 0. The molecule has 0 saturated carbocycles. The van der Waals surface area contributed by atoms with Crippen molar-refractivity contribution in [3.05, 3.63) is 81.7 Å². The summed E-state index contributed by atoms with van der Waals surface area (Å²) in [5, 5.41) is 3.98. The number of nitrogen functional groups attached to an aromatic ring is 1. The Balaban J connectivity index is 1.21. The zero-order valence-corrected chi connectivity index (χ0v) is 22.4. The van der Waals surface area contributed by atoms with Gasteiger partial charge in [-0.2, -0.15) is 0 Å². The summed E-state index contributed by atoms with van der Waals surface area (Å²) in [6.07, 6.45) is 0. The first-order valence-electron chi connectivity index (χ1n) is 12.4. The van der Waals surface area contributed by atoms with Crippen LogP contribution in [0.5, 0.6) is 17.2 Å². The lowest BCUT2D eigenvalue weighted by Crippen LogP contribution is -2.38. The van der Waals surface area contributed by atoms with Gasteiger partial charge < -0.3 is 30.2 Å². The maximum Gasteiger partial charge on any atom is 0.267 e. The number of nitrogens with zero attached hydrogens (tertiary/aromatic N) is 1. The lowest BCUT2D eigenvalue weighted by atomic mass is 10.2. The molecule has 0 spiro atoms. The van der Waals surface area contributed by atoms with E-state index < -0.39 is 5.82 Å². The highest BCUT2D eigenvalue weighted by molar-refractivity contribution is 6.32. The second-order valence-electron chi connectivity index (χ2n) is 9.09. The van der Waals surface area contributed by atoms with Crippen LogP contribution >= 0.6 is 23.2 Å². The van der Waals surface area contributed by atoms with Gasteiger partial charge in [0.05, 0.1) is 18.2 Å². The molecule has 1 fully saturated rings. The molecule has 1 amide bonds. The number of anilines is 1. The number of nitrogens with one attached hydrogen (secondary N) is 2. The van der Waals surface area contributed by atoms with Crippen molar-refractivity contribution in [3.8, 4) is 17.2 Å². The van der Waals surface area contributed by atoms with Crippen LogP contribution in [0.25, 0.3) is 10.9 Å². The molecule has 0 bridgehead atoms. The summed E-state index contributed by atoms with van der Waals surface area (Å²) in [5.41, 5.74) is 7.48. The number of aromatic nitrogens is 1. The molecule has 4 N–H and O–H groups in total. The largest absolute Gasteiger partial charge is 0.492 e. The van der Waals surface area contributed by atoms with Gasteiger partial charge in [-0.05, 0) is 42.5 Å². The highest BCUT2D eigenvalue weighted by Gasteiger charge is 2.17. The van der Waals surface area contributed by atoms with Crippen LogP contribution in [0.4, 0.5) is 10.1 Å². The summed E-state index contributed by atoms with van der Waals surface area (Å²) < 4.78 is 32.2. The van der Waals surface area contributed by atoms with E-state index in [2.05, 4.69) is 15.2 Å². The fraction of sp³-hybridized carbons (Fsp3) is 0.250. The number of carbonyl (C=O) groups excluding carboxylic acids is 1. The average molecular weight is 573 g/mol. The summed E-state index contributed by atoms with van der Waals surface area (Å²) in [5.74, 6) is -0.308. The Morgan fingerprint density at radius 3 is 2.69 bits per heavy atom. The van der Waals surface area contributed by atoms with E-state index in [9.17, 15) is 4.79 Å². The number of benzene rings is 3. The molecule has 0 radical (unpaired) electrons. The van der Waals surface area contributed by atoms with E-state index in [1.165, 1.54) is 24.3 Å². The van der Waals surface area contributed by atoms with Crippen LogP contribution in [0, 0.1) is 5.82 Å². The van der Waals surface area contributed by atoms with Crippen LogP contribution in [0.1, 0.15) is 16.1 Å². The van der Waals surface area contributed by atoms with Crippen LogP contribution in [0.2, 0.25) is 10.0 Å². The number of hydrogen-bond acceptors (Lipinski definition) is 6. The van der Waals surface area contributed by atoms with Gasteiger partial charge in [0.1, 0.15) is 23.8 Å². The first-order chi connectivity index (χ1) is 18.9. The van der Waals surface area contributed by atoms with Crippen LogP contribution in [-0.4, -0.2) is 55.2 Å². The minimum absolute atomic E-state index is 0.0692. The monoisotopic (exact) mass is 572 g/mol. The maximum atomic E-state index is 15.2. The summed E-state index contributed by atoms with van der Waals surface area (Å²) in [4.78, 5) is 18.2. The molecule has 1 aliphatic rings. The van der Waals surface area contributed by atoms with E-state index in [0.717, 1.165) is 49.5 Å². The molecule has 204 valence electrons. The van der Waals surface area contributed by atoms with E-state index >= 15 is 4.39 Å². The number of hydrogen-bond donors (Lipinski definition) is 3. The predicted molar refractivity (Wildman–Crippen MR) is 150 cm³/mol. The van der Waals surface area contributed by atoms with Gasteiger partial charge in [0.15, 0.2) is 11.6 Å². The number of morpholine rings is 1. The van der Waals surface area contributed by atoms with E-state index in [1.807, 2.05) is 18.2 Å². The van der Waals surface area contributed by atoms with Gasteiger partial charge in [0.25, 0.3) is 5.91 Å². The Bertz CT molecular complexity index is 1470. The Morgan fingerprint density at radius 1 is 1.08 bits per heavy atom. The quantitative estimate of drug-likeness (QED) is 0.225. The molecule has 0 aliphatic carbocycles. The molecule has 0 unspecified atom stereocenters. The highest BCUT2D eigenvalue weighted by Crippen LogP contribution is 2.35. The van der Waals surface area contributed by atoms with Gasteiger partial charge >= 0.3 is 0 Å². The molecular formula is C28H27Cl2FN4O4. The fourth-order valence-electron chi connectivity index (χ4n) is 4.28. The fourth-order valence-corrected chi connectivity index (χ4v) is 4.69. The third-order valence-electron chi connectivity index (χ3n) is 6.30. The molecule has 8 nitrogen and oxygen atoms in total. The smallest absolute Gasteiger partial charge is 0.267 e. The van der Waals surface area contributed by atoms with Gasteiger partial charge in [-0.3, -0.25) is 9.69 Å². The SMILES string of the molecule is Nc1cc(Cl)cc(Oc2c(Cl)ccc(CNC(=O)c3cc4cc(OCCN5CCOCC5)ccc4[nH]3)c2F)c1. The lowest BCUT2D eigenvalue weighted by molar-refractivity contribution is 0.0322. The lowest BCUT2D eigenvalue weighted by Gasteiger charge is -2.26. The van der Waals surface area contributed by atoms with Crippen molar-refractivity contribution in [1.82, 2.24) is 15.2 Å². The second kappa shape index (κ2) is 12.1. The molecule has 2 heterocycles. The molecule has 11 heteroatoms. The van der Waals surface area contributed by atoms with E-state index in [1.54, 1.807) is 12.1 Å². The van der Waals surface area contributed by atoms with Gasteiger partial charge in [0.2, 0.25) is 0 Å². The molecule has 1 aromatic heterocycles. The average Bonchev–Trinajstić information content (AvgIpc) is 3.34. The second-order valence-corrected chi connectivity index (χ2v) is 9.93. The van der Waals surface area contributed by atoms with Gasteiger partial charge in [-0.15, -0.1) is 0 Å². The molecule has 1 aliphatic heterocycles. The zero-order valence-electron chi connectivity index (χ0n) is 20.9. The number of H-pyrrole nitrogens is 1. The minimum atomic E-state index is -0.697. The summed E-state index contributed by atoms with van der Waals surface area (Å²) in [6.45, 7) is 4.61. The standard InChI is InChI=1S/C28H27Cl2FN4O4/c29-19-13-20(32)15-22(14-19)39-27-23(30)3-1-17(26(27)31)16-33-28(36)25-12-18-11-21(2-4-24(18)34-25)38-10-7-35-5-8-37-9-6-35/h1-4,11-15,34H,5-10,16,32H2,(H,33,36). The maximum absolute atomic E-state index is 15.2. The Hall–Kier alpha value is -3.50. The van der Waals surface area contributed by atoms with Gasteiger partial charge in [-0.1, -0.05) is 29.3 Å². The van der Waals surface area contributed by atoms with Crippen LogP contribution in [0.3, 0.4) is 0 Å². The number of ether oxygens (including phenoxy) is 3. The van der Waals surface area contributed by atoms with Crippen LogP contribution < -0.4 is 20.5 Å². The van der Waals surface area contributed by atoms with Crippen molar-refractivity contribution in [3.63, 3.8) is 0 Å². The van der Waals surface area contributed by atoms with Crippen molar-refractivity contribution in [2.75, 3.05) is 45.2 Å². The molecule has 1 saturated heterocycles. The van der Waals surface area contributed by atoms with Crippen LogP contribution in [-0.2, 0) is 11.3 Å². The van der Waals surface area contributed by atoms with Crippen molar-refractivity contribution in [1.29, 1.82) is 0 Å². The van der Waals surface area contributed by atoms with E-state index in [-0.39, 0.29) is 34.5 Å². The molecule has 39 heavy (non-hydrogen) atoms. The third-order valence-corrected chi connectivity index (χ3v) is 6.81. The summed E-state index contributed by atoms with van der Waals surface area (Å²) in [6, 6.07) is 14.9. The first kappa shape index (κ1) is 27.1. The Morgan fingerprint density at radius 2 is 1.90 bits per heavy atom. The van der Waals surface area contributed by atoms with Crippen LogP contribution in [0.15, 0.2) is 54.6 Å². The number of carbonyl (C=O) groups is 1. The first-order valence-corrected chi connectivity index (χ1v) is 13.2. The number of fused-ring (bicyclic) bond motifs is 1. The van der Waals surface area contributed by atoms with Crippen molar-refractivity contribution in [2.45, 2.75) is 6.54 Å². The zero-order chi connectivity index (χ0) is 27.4. The van der Waals surface area contributed by atoms with Gasteiger partial charge in [0, 0.05) is 59.4 Å². The van der Waals surface area contributed by atoms with E-state index in [0.29, 0.717) is 23.0 Å². The minimum Gasteiger partial charge on any atom is -0.492 e. The number of rotatable bonds is 9. The number of halogens is 3. The Labute approximate surface area is 234 Å². The molecule has 3 aromatic carbocycles. The normalized spacial score (nSPS) is 13.9. The molecule has 5 rings (SSSR count). The number of amides is 1. The topological polar surface area (TPSA) is 102 Å².